The number of rotatable bonds is 4. The van der Waals surface area contributed by atoms with Crippen LogP contribution in [0, 0.1) is 0 Å². The van der Waals surface area contributed by atoms with E-state index in [1.54, 1.807) is 49.5 Å². The monoisotopic (exact) mass is 272 g/mol. The maximum absolute atomic E-state index is 11.8. The van der Waals surface area contributed by atoms with Gasteiger partial charge in [0.15, 0.2) is 0 Å². The van der Waals surface area contributed by atoms with E-state index in [1.165, 1.54) is 0 Å². The van der Waals surface area contributed by atoms with Crippen molar-refractivity contribution in [3.8, 4) is 11.5 Å². The normalized spacial score (nSPS) is 10.1. The SMILES string of the molecule is CNC(=O)c1ccc(N)cc1Oc1ccc(CO)cc1. The van der Waals surface area contributed by atoms with Gasteiger partial charge in [-0.1, -0.05) is 12.1 Å². The Bertz CT molecular complexity index is 609. The lowest BCUT2D eigenvalue weighted by Gasteiger charge is -2.11. The summed E-state index contributed by atoms with van der Waals surface area (Å²) in [5, 5.41) is 11.5. The molecule has 2 aromatic rings. The summed E-state index contributed by atoms with van der Waals surface area (Å²) in [5.41, 5.74) is 7.44. The number of amides is 1. The summed E-state index contributed by atoms with van der Waals surface area (Å²) in [6.45, 7) is -0.0257. The molecule has 0 heterocycles. The van der Waals surface area contributed by atoms with Crippen molar-refractivity contribution in [1.82, 2.24) is 5.32 Å². The fourth-order valence-electron chi connectivity index (χ4n) is 1.74. The smallest absolute Gasteiger partial charge is 0.254 e. The Balaban J connectivity index is 2.31. The average Bonchev–Trinajstić information content (AvgIpc) is 2.47. The van der Waals surface area contributed by atoms with Gasteiger partial charge < -0.3 is 20.9 Å². The molecule has 2 aromatic carbocycles. The number of aliphatic hydroxyl groups excluding tert-OH is 1. The Labute approximate surface area is 117 Å². The van der Waals surface area contributed by atoms with Crippen LogP contribution in [0.25, 0.3) is 0 Å². The average molecular weight is 272 g/mol. The second-order valence-electron chi connectivity index (χ2n) is 4.24. The van der Waals surface area contributed by atoms with Crippen molar-refractivity contribution in [1.29, 1.82) is 0 Å². The van der Waals surface area contributed by atoms with E-state index < -0.39 is 0 Å². The molecule has 0 aliphatic heterocycles. The third-order valence-electron chi connectivity index (χ3n) is 2.81. The first-order chi connectivity index (χ1) is 9.63. The third-order valence-corrected chi connectivity index (χ3v) is 2.81. The molecule has 0 aliphatic rings. The van der Waals surface area contributed by atoms with Crippen molar-refractivity contribution in [2.45, 2.75) is 6.61 Å². The van der Waals surface area contributed by atoms with Gasteiger partial charge in [-0.15, -0.1) is 0 Å². The molecule has 0 radical (unpaired) electrons. The van der Waals surface area contributed by atoms with Gasteiger partial charge in [0.25, 0.3) is 5.91 Å². The summed E-state index contributed by atoms with van der Waals surface area (Å²) in [7, 11) is 1.55. The van der Waals surface area contributed by atoms with E-state index in [9.17, 15) is 4.79 Å². The second kappa shape index (κ2) is 6.08. The van der Waals surface area contributed by atoms with Gasteiger partial charge in [0.05, 0.1) is 12.2 Å². The van der Waals surface area contributed by atoms with E-state index in [0.717, 1.165) is 5.56 Å². The van der Waals surface area contributed by atoms with Gasteiger partial charge in [-0.05, 0) is 29.8 Å². The van der Waals surface area contributed by atoms with Gasteiger partial charge in [0, 0.05) is 18.8 Å². The summed E-state index contributed by atoms with van der Waals surface area (Å²) >= 11 is 0. The van der Waals surface area contributed by atoms with E-state index in [0.29, 0.717) is 22.7 Å². The van der Waals surface area contributed by atoms with Crippen molar-refractivity contribution in [2.75, 3.05) is 12.8 Å². The Morgan fingerprint density at radius 2 is 1.95 bits per heavy atom. The Kier molecular flexibility index (Phi) is 4.22. The van der Waals surface area contributed by atoms with Gasteiger partial charge in [-0.2, -0.15) is 0 Å². The number of anilines is 1. The van der Waals surface area contributed by atoms with Crippen LogP contribution in [-0.2, 0) is 6.61 Å². The first kappa shape index (κ1) is 13.9. The highest BCUT2D eigenvalue weighted by atomic mass is 16.5. The molecule has 0 spiro atoms. The zero-order valence-electron chi connectivity index (χ0n) is 11.1. The molecule has 0 aromatic heterocycles. The highest BCUT2D eigenvalue weighted by Crippen LogP contribution is 2.27. The summed E-state index contributed by atoms with van der Waals surface area (Å²) in [6.07, 6.45) is 0. The van der Waals surface area contributed by atoms with Crippen LogP contribution >= 0.6 is 0 Å². The number of hydrogen-bond donors (Lipinski definition) is 3. The van der Waals surface area contributed by atoms with Crippen LogP contribution in [0.3, 0.4) is 0 Å². The van der Waals surface area contributed by atoms with Crippen LogP contribution in [0.15, 0.2) is 42.5 Å². The fourth-order valence-corrected chi connectivity index (χ4v) is 1.74. The molecular formula is C15H16N2O3. The van der Waals surface area contributed by atoms with E-state index in [1.807, 2.05) is 0 Å². The number of benzene rings is 2. The van der Waals surface area contributed by atoms with Crippen molar-refractivity contribution in [3.63, 3.8) is 0 Å². The van der Waals surface area contributed by atoms with Crippen LogP contribution in [-0.4, -0.2) is 18.1 Å². The van der Waals surface area contributed by atoms with Crippen LogP contribution in [0.2, 0.25) is 0 Å². The fraction of sp³-hybridized carbons (Fsp3) is 0.133. The van der Waals surface area contributed by atoms with Crippen LogP contribution in [0.4, 0.5) is 5.69 Å². The molecule has 4 N–H and O–H groups in total. The van der Waals surface area contributed by atoms with Crippen molar-refractivity contribution < 1.29 is 14.6 Å². The Hall–Kier alpha value is -2.53. The number of carbonyl (C=O) groups is 1. The summed E-state index contributed by atoms with van der Waals surface area (Å²) in [6, 6.07) is 11.8. The minimum atomic E-state index is -0.244. The largest absolute Gasteiger partial charge is 0.456 e. The molecule has 0 atom stereocenters. The minimum absolute atomic E-state index is 0.0257. The number of hydrogen-bond acceptors (Lipinski definition) is 4. The highest BCUT2D eigenvalue weighted by molar-refractivity contribution is 5.97. The molecule has 0 bridgehead atoms. The van der Waals surface area contributed by atoms with Gasteiger partial charge >= 0.3 is 0 Å². The van der Waals surface area contributed by atoms with Crippen molar-refractivity contribution in [3.05, 3.63) is 53.6 Å². The molecule has 0 saturated carbocycles. The highest BCUT2D eigenvalue weighted by Gasteiger charge is 2.12. The van der Waals surface area contributed by atoms with Crippen molar-refractivity contribution >= 4 is 11.6 Å². The molecule has 0 saturated heterocycles. The molecule has 20 heavy (non-hydrogen) atoms. The second-order valence-corrected chi connectivity index (χ2v) is 4.24. The summed E-state index contributed by atoms with van der Waals surface area (Å²) in [5.74, 6) is 0.714. The molecule has 0 fully saturated rings. The van der Waals surface area contributed by atoms with Gasteiger partial charge in [-0.25, -0.2) is 0 Å². The standard InChI is InChI=1S/C15H16N2O3/c1-17-15(19)13-7-4-11(16)8-14(13)20-12-5-2-10(9-18)3-6-12/h2-8,18H,9,16H2,1H3,(H,17,19). The predicted molar refractivity (Wildman–Crippen MR) is 76.7 cm³/mol. The predicted octanol–water partition coefficient (Wildman–Crippen LogP) is 1.91. The number of nitrogen functional groups attached to an aromatic ring is 1. The van der Waals surface area contributed by atoms with E-state index >= 15 is 0 Å². The summed E-state index contributed by atoms with van der Waals surface area (Å²) in [4.78, 5) is 11.8. The zero-order chi connectivity index (χ0) is 14.5. The molecule has 104 valence electrons. The van der Waals surface area contributed by atoms with Crippen LogP contribution in [0.5, 0.6) is 11.5 Å². The molecule has 5 nitrogen and oxygen atoms in total. The molecule has 1 amide bonds. The lowest BCUT2D eigenvalue weighted by Crippen LogP contribution is -2.18. The molecule has 0 aliphatic carbocycles. The summed E-state index contributed by atoms with van der Waals surface area (Å²) < 4.78 is 5.69. The molecule has 2 rings (SSSR count). The maximum Gasteiger partial charge on any atom is 0.254 e. The van der Waals surface area contributed by atoms with Crippen LogP contribution < -0.4 is 15.8 Å². The molecule has 0 unspecified atom stereocenters. The lowest BCUT2D eigenvalue weighted by atomic mass is 10.1. The number of ether oxygens (including phenoxy) is 1. The van der Waals surface area contributed by atoms with Gasteiger partial charge in [0.1, 0.15) is 11.5 Å². The van der Waals surface area contributed by atoms with E-state index in [2.05, 4.69) is 5.32 Å². The minimum Gasteiger partial charge on any atom is -0.456 e. The zero-order valence-corrected chi connectivity index (χ0v) is 11.1. The number of nitrogens with one attached hydrogen (secondary N) is 1. The number of aliphatic hydroxyl groups is 1. The van der Waals surface area contributed by atoms with Gasteiger partial charge in [0.2, 0.25) is 0 Å². The molecule has 5 heteroatoms. The topological polar surface area (TPSA) is 84.6 Å². The third kappa shape index (κ3) is 3.07. The van der Waals surface area contributed by atoms with Crippen LogP contribution in [0.1, 0.15) is 15.9 Å². The lowest BCUT2D eigenvalue weighted by molar-refractivity contribution is 0.0961. The first-order valence-electron chi connectivity index (χ1n) is 6.13. The first-order valence-corrected chi connectivity index (χ1v) is 6.13. The molecular weight excluding hydrogens is 256 g/mol. The van der Waals surface area contributed by atoms with Crippen molar-refractivity contribution in [2.24, 2.45) is 0 Å². The Morgan fingerprint density at radius 1 is 1.25 bits per heavy atom. The van der Waals surface area contributed by atoms with Gasteiger partial charge in [-0.3, -0.25) is 4.79 Å². The maximum atomic E-state index is 11.8. The Morgan fingerprint density at radius 3 is 2.55 bits per heavy atom. The number of nitrogens with two attached hydrogens (primary N) is 1. The van der Waals surface area contributed by atoms with E-state index in [-0.39, 0.29) is 12.5 Å². The quantitative estimate of drug-likeness (QED) is 0.742. The number of carbonyl (C=O) groups excluding carboxylic acids is 1. The van der Waals surface area contributed by atoms with E-state index in [4.69, 9.17) is 15.6 Å².